The Morgan fingerprint density at radius 2 is 0.971 bits per heavy atom. The Kier molecular flexibility index (Phi) is 12.1. The Balaban J connectivity index is 0.000000133. The summed E-state index contributed by atoms with van der Waals surface area (Å²) in [7, 11) is -0.439. The predicted molar refractivity (Wildman–Crippen MR) is 251 cm³/mol. The Bertz CT molecular complexity index is 3520. The third-order valence-corrected chi connectivity index (χ3v) is 12.1. The molecule has 1 aliphatic heterocycles. The van der Waals surface area contributed by atoms with Crippen molar-refractivity contribution in [1.29, 1.82) is 0 Å². The van der Waals surface area contributed by atoms with Gasteiger partial charge in [0.05, 0.1) is 16.9 Å². The first-order chi connectivity index (χ1) is 32.4. The van der Waals surface area contributed by atoms with Crippen molar-refractivity contribution in [3.05, 3.63) is 173 Å². The number of rotatable bonds is 4. The Morgan fingerprint density at radius 3 is 1.50 bits per heavy atom. The molecule has 0 atom stereocenters. The maximum atomic E-state index is 13.7. The molecule has 8 nitrogen and oxygen atoms in total. The van der Waals surface area contributed by atoms with E-state index >= 15 is 0 Å². The van der Waals surface area contributed by atoms with Gasteiger partial charge in [-0.3, -0.25) is 4.98 Å². The van der Waals surface area contributed by atoms with Gasteiger partial charge in [0.15, 0.2) is 34.9 Å². The highest BCUT2D eigenvalue weighted by Gasteiger charge is 2.52. The minimum Gasteiger partial charge on any atom is -0.438 e. The summed E-state index contributed by atoms with van der Waals surface area (Å²) in [6, 6.07) is 29.7. The summed E-state index contributed by atoms with van der Waals surface area (Å²) in [5, 5.41) is 4.05. The normalized spacial score (nSPS) is 14.0. The molecule has 0 amide bonds. The average molecular weight is 943 g/mol. The molecule has 0 radical (unpaired) electrons. The zero-order chi connectivity index (χ0) is 48.2. The van der Waals surface area contributed by atoms with Crippen LogP contribution in [0.15, 0.2) is 130 Å². The van der Waals surface area contributed by atoms with Crippen molar-refractivity contribution in [3.8, 4) is 33.5 Å². The van der Waals surface area contributed by atoms with E-state index in [0.29, 0.717) is 33.8 Å². The van der Waals surface area contributed by atoms with Crippen LogP contribution >= 0.6 is 11.6 Å². The van der Waals surface area contributed by atoms with E-state index in [4.69, 9.17) is 29.7 Å². The number of halogens is 7. The summed E-state index contributed by atoms with van der Waals surface area (Å²) in [6.07, 6.45) is 2.94. The van der Waals surface area contributed by atoms with Crippen LogP contribution in [0, 0.1) is 48.8 Å². The molecule has 0 bridgehead atoms. The maximum Gasteiger partial charge on any atom is 0.498 e. The van der Waals surface area contributed by atoms with E-state index in [1.54, 1.807) is 12.1 Å². The van der Waals surface area contributed by atoms with Crippen LogP contribution in [0.25, 0.3) is 77.6 Å². The fraction of sp³-hybridized carbons (Fsp3) is 0.154. The van der Waals surface area contributed by atoms with Gasteiger partial charge in [0.1, 0.15) is 16.3 Å². The molecule has 0 saturated carbocycles. The van der Waals surface area contributed by atoms with E-state index in [-0.39, 0.29) is 27.5 Å². The number of benzene rings is 4. The van der Waals surface area contributed by atoms with Gasteiger partial charge in [0.25, 0.3) is 0 Å². The lowest BCUT2D eigenvalue weighted by Crippen LogP contribution is -2.41. The molecule has 16 heteroatoms. The van der Waals surface area contributed by atoms with Crippen molar-refractivity contribution in [2.24, 2.45) is 0 Å². The number of aromatic nitrogens is 4. The van der Waals surface area contributed by atoms with Gasteiger partial charge < -0.3 is 18.1 Å². The lowest BCUT2D eigenvalue weighted by Gasteiger charge is -2.32. The van der Waals surface area contributed by atoms with Crippen molar-refractivity contribution in [2.45, 2.75) is 52.7 Å². The van der Waals surface area contributed by atoms with Gasteiger partial charge >= 0.3 is 7.12 Å². The van der Waals surface area contributed by atoms with Crippen molar-refractivity contribution in [1.82, 2.24) is 19.9 Å². The van der Waals surface area contributed by atoms with Crippen LogP contribution in [0.1, 0.15) is 39.1 Å². The number of para-hydroxylation sites is 2. The summed E-state index contributed by atoms with van der Waals surface area (Å²) in [6.45, 7) is 12.1. The molecule has 0 unspecified atom stereocenters. The lowest BCUT2D eigenvalue weighted by molar-refractivity contribution is 0.00578. The van der Waals surface area contributed by atoms with Crippen molar-refractivity contribution >= 4 is 68.3 Å². The molecule has 1 saturated heterocycles. The largest absolute Gasteiger partial charge is 0.498 e. The fourth-order valence-corrected chi connectivity index (χ4v) is 7.88. The molecule has 11 rings (SSSR count). The van der Waals surface area contributed by atoms with Crippen molar-refractivity contribution < 1.29 is 44.5 Å². The monoisotopic (exact) mass is 942 g/mol. The van der Waals surface area contributed by atoms with E-state index in [1.807, 2.05) is 68.4 Å². The smallest absolute Gasteiger partial charge is 0.438 e. The van der Waals surface area contributed by atoms with Crippen molar-refractivity contribution in [2.75, 3.05) is 0 Å². The predicted octanol–water partition coefficient (Wildman–Crippen LogP) is 13.8. The van der Waals surface area contributed by atoms with Gasteiger partial charge in [-0.15, -0.1) is 0 Å². The number of nitrogens with zero attached hydrogens (tertiary/aromatic N) is 4. The van der Waals surface area contributed by atoms with E-state index in [1.165, 1.54) is 24.5 Å². The van der Waals surface area contributed by atoms with Crippen LogP contribution in [-0.2, 0) is 9.31 Å². The van der Waals surface area contributed by atoms with E-state index in [2.05, 4.69) is 53.7 Å². The summed E-state index contributed by atoms with van der Waals surface area (Å²) in [4.78, 5) is 17.0. The van der Waals surface area contributed by atoms with Gasteiger partial charge in [0.2, 0.25) is 11.4 Å². The molecule has 1 aliphatic rings. The average Bonchev–Trinajstić information content (AvgIpc) is 3.94. The topological polar surface area (TPSA) is 96.3 Å². The van der Waals surface area contributed by atoms with Gasteiger partial charge in [-0.05, 0) is 143 Å². The zero-order valence-electron chi connectivity index (χ0n) is 37.2. The number of hydrogen-bond acceptors (Lipinski definition) is 8. The molecule has 7 heterocycles. The minimum absolute atomic E-state index is 0.197. The molecule has 68 heavy (non-hydrogen) atoms. The number of fused-ring (bicyclic) bond motifs is 6. The lowest BCUT2D eigenvalue weighted by atomic mass is 9.78. The molecule has 0 N–H and O–H groups in total. The third-order valence-electron chi connectivity index (χ3n) is 11.9. The van der Waals surface area contributed by atoms with Gasteiger partial charge in [0, 0.05) is 56.4 Å². The molecule has 6 aromatic heterocycles. The van der Waals surface area contributed by atoms with Crippen LogP contribution in [0.5, 0.6) is 0 Å². The first kappa shape index (κ1) is 46.1. The molecule has 0 aliphatic carbocycles. The molecule has 1 fully saturated rings. The number of hydrogen-bond donors (Lipinski definition) is 0. The van der Waals surface area contributed by atoms with E-state index in [9.17, 15) is 26.3 Å². The first-order valence-electron chi connectivity index (χ1n) is 21.2. The molecule has 10 aromatic rings. The highest BCUT2D eigenvalue weighted by atomic mass is 35.5. The van der Waals surface area contributed by atoms with Gasteiger partial charge in [-0.25, -0.2) is 41.3 Å². The molecular formula is C52H38BClF6N4O4. The summed E-state index contributed by atoms with van der Waals surface area (Å²) in [5.74, 6) is -7.91. The highest BCUT2D eigenvalue weighted by molar-refractivity contribution is 6.65. The maximum absolute atomic E-state index is 13.7. The third kappa shape index (κ3) is 8.80. The van der Waals surface area contributed by atoms with Crippen molar-refractivity contribution in [3.63, 3.8) is 0 Å². The summed E-state index contributed by atoms with van der Waals surface area (Å²) in [5.41, 5.74) is 7.26. The second-order valence-corrected chi connectivity index (χ2v) is 17.5. The number of furan rings is 2. The van der Waals surface area contributed by atoms with Crippen LogP contribution in [0.2, 0.25) is 5.15 Å². The fourth-order valence-electron chi connectivity index (χ4n) is 7.71. The van der Waals surface area contributed by atoms with E-state index < -0.39 is 42.0 Å². The standard InChI is InChI=1S/C23H13F3N2O.C18H20BNO3.C11H5ClF3N/c1-12-5-6-16-15-3-2-4-17(22(15)29-23(16)28-12)20-11-13(7-8-27-20)14-9-18(24)21(26)19(25)10-14;1-11-9-10-13-12-7-6-8-14(15(12)21-16(13)20-11)19-22-17(2,3)18(4,5)23-19;12-10-5-6(1-2-16-10)7-3-8(13)11(15)9(14)4-7/h2-11H,1H3;6-10H,1-5H3;1-5H. The highest BCUT2D eigenvalue weighted by Crippen LogP contribution is 2.39. The summed E-state index contributed by atoms with van der Waals surface area (Å²) < 4.78 is 104. The van der Waals surface area contributed by atoms with Crippen LogP contribution < -0.4 is 5.46 Å². The van der Waals surface area contributed by atoms with Gasteiger partial charge in [-0.2, -0.15) is 0 Å². The number of pyridine rings is 4. The van der Waals surface area contributed by atoms with Crippen LogP contribution in [0.3, 0.4) is 0 Å². The number of aryl methyl sites for hydroxylation is 2. The molecular weight excluding hydrogens is 905 g/mol. The Morgan fingerprint density at radius 1 is 0.500 bits per heavy atom. The second kappa shape index (κ2) is 17.9. The van der Waals surface area contributed by atoms with Crippen LogP contribution in [-0.4, -0.2) is 38.3 Å². The van der Waals surface area contributed by atoms with Crippen LogP contribution in [0.4, 0.5) is 26.3 Å². The SMILES string of the molecule is Cc1ccc2c(n1)oc1c(-c3cc(-c4cc(F)c(F)c(F)c4)ccn3)cccc12.Cc1ccc2c(n1)oc1c(B3OC(C)(C)C(C)(C)O3)cccc12.Fc1cc(-c2ccnc(Cl)c2)cc(F)c1F. The molecule has 342 valence electrons. The Hall–Kier alpha value is -7.07. The second-order valence-electron chi connectivity index (χ2n) is 17.1. The Labute approximate surface area is 390 Å². The minimum atomic E-state index is -1.49. The quantitative estimate of drug-likeness (QED) is 0.0745. The first-order valence-corrected chi connectivity index (χ1v) is 21.6. The zero-order valence-corrected chi connectivity index (χ0v) is 37.9. The molecule has 4 aromatic carbocycles. The van der Waals surface area contributed by atoms with Gasteiger partial charge in [-0.1, -0.05) is 41.9 Å². The van der Waals surface area contributed by atoms with E-state index in [0.717, 1.165) is 73.8 Å². The molecule has 0 spiro atoms. The summed E-state index contributed by atoms with van der Waals surface area (Å²) >= 11 is 5.63.